The Hall–Kier alpha value is -1.28. The number of hydrogen-bond acceptors (Lipinski definition) is 4. The number of piperidine rings is 1. The lowest BCUT2D eigenvalue weighted by atomic mass is 9.82. The molecule has 0 aromatic heterocycles. The molecule has 1 aliphatic heterocycles. The summed E-state index contributed by atoms with van der Waals surface area (Å²) in [6, 6.07) is 3.27. The van der Waals surface area contributed by atoms with Crippen molar-refractivity contribution in [3.05, 3.63) is 0 Å². The lowest BCUT2D eigenvalue weighted by molar-refractivity contribution is 0.0191. The number of rotatable bonds is 3. The molecule has 1 heterocycles. The van der Waals surface area contributed by atoms with Crippen LogP contribution in [0.1, 0.15) is 65.7 Å². The summed E-state index contributed by atoms with van der Waals surface area (Å²) in [5.74, 6) is 0.498. The predicted octanol–water partition coefficient (Wildman–Crippen LogP) is 3.45. The largest absolute Gasteiger partial charge is 0.444 e. The Morgan fingerprint density at radius 3 is 2.48 bits per heavy atom. The van der Waals surface area contributed by atoms with Crippen LogP contribution in [-0.2, 0) is 4.74 Å². The molecule has 5 nitrogen and oxygen atoms in total. The van der Waals surface area contributed by atoms with E-state index >= 15 is 0 Å². The van der Waals surface area contributed by atoms with Crippen LogP contribution in [-0.4, -0.2) is 41.8 Å². The van der Waals surface area contributed by atoms with E-state index < -0.39 is 5.60 Å². The molecule has 2 fully saturated rings. The monoisotopic (exact) mass is 321 g/mol. The van der Waals surface area contributed by atoms with Gasteiger partial charge in [-0.25, -0.2) is 4.79 Å². The van der Waals surface area contributed by atoms with Gasteiger partial charge in [0.2, 0.25) is 0 Å². The molecule has 0 aromatic carbocycles. The maximum Gasteiger partial charge on any atom is 0.410 e. The van der Waals surface area contributed by atoms with Crippen molar-refractivity contribution >= 4 is 6.09 Å². The molecule has 1 N–H and O–H groups in total. The third-order valence-electron chi connectivity index (χ3n) is 4.86. The van der Waals surface area contributed by atoms with E-state index in [9.17, 15) is 4.79 Å². The Labute approximate surface area is 140 Å². The second-order valence-electron chi connectivity index (χ2n) is 7.92. The number of amides is 1. The van der Waals surface area contributed by atoms with E-state index in [-0.39, 0.29) is 6.09 Å². The van der Waals surface area contributed by atoms with Crippen LogP contribution in [0, 0.1) is 17.2 Å². The summed E-state index contributed by atoms with van der Waals surface area (Å²) in [6.45, 7) is 7.21. The first-order valence-corrected chi connectivity index (χ1v) is 9.00. The van der Waals surface area contributed by atoms with Gasteiger partial charge in [0.25, 0.3) is 0 Å². The fourth-order valence-electron chi connectivity index (χ4n) is 3.65. The van der Waals surface area contributed by atoms with Gasteiger partial charge in [-0.3, -0.25) is 0 Å². The Balaban J connectivity index is 1.78. The Morgan fingerprint density at radius 1 is 1.22 bits per heavy atom. The summed E-state index contributed by atoms with van der Waals surface area (Å²) in [4.78, 5) is 13.9. The first-order valence-electron chi connectivity index (χ1n) is 9.00. The first kappa shape index (κ1) is 18.1. The van der Waals surface area contributed by atoms with E-state index in [0.717, 1.165) is 25.9 Å². The lowest BCUT2D eigenvalue weighted by Gasteiger charge is -2.38. The van der Waals surface area contributed by atoms with Crippen LogP contribution in [0.15, 0.2) is 0 Å². The number of nitrogens with one attached hydrogen (secondary N) is 1. The molecule has 1 saturated carbocycles. The molecular weight excluding hydrogens is 290 g/mol. The van der Waals surface area contributed by atoms with E-state index in [1.54, 1.807) is 0 Å². The van der Waals surface area contributed by atoms with Gasteiger partial charge in [-0.2, -0.15) is 5.26 Å². The number of likely N-dealkylation sites (tertiary alicyclic amines) is 1. The zero-order chi connectivity index (χ0) is 16.9. The summed E-state index contributed by atoms with van der Waals surface area (Å²) in [6.07, 6.45) is 7.26. The van der Waals surface area contributed by atoms with Crippen LogP contribution in [0.4, 0.5) is 4.79 Å². The normalized spacial score (nSPS) is 26.6. The molecule has 0 bridgehead atoms. The van der Waals surface area contributed by atoms with Crippen molar-refractivity contribution in [1.29, 1.82) is 5.26 Å². The van der Waals surface area contributed by atoms with Gasteiger partial charge in [0.05, 0.1) is 6.07 Å². The van der Waals surface area contributed by atoms with Gasteiger partial charge in [0.1, 0.15) is 5.60 Å². The van der Waals surface area contributed by atoms with Crippen molar-refractivity contribution in [2.75, 3.05) is 13.1 Å². The van der Waals surface area contributed by atoms with Crippen LogP contribution in [0.25, 0.3) is 0 Å². The van der Waals surface area contributed by atoms with Gasteiger partial charge in [0, 0.05) is 31.6 Å². The standard InChI is InChI=1S/C18H31N3O2/c1-18(2,3)23-17(22)21-12-9-15(10-13-21)20-16-7-5-4-6-14(16)8-11-19/h14-16,20H,4-10,12-13H2,1-3H3/t14-,16?/m1/s1. The van der Waals surface area contributed by atoms with Crippen molar-refractivity contribution in [2.24, 2.45) is 5.92 Å². The zero-order valence-corrected chi connectivity index (χ0v) is 14.8. The Bertz CT molecular complexity index is 431. The summed E-state index contributed by atoms with van der Waals surface area (Å²) in [7, 11) is 0. The molecule has 1 aliphatic carbocycles. The zero-order valence-electron chi connectivity index (χ0n) is 14.8. The van der Waals surface area contributed by atoms with Gasteiger partial charge in [0.15, 0.2) is 0 Å². The van der Waals surface area contributed by atoms with Gasteiger partial charge < -0.3 is 15.0 Å². The van der Waals surface area contributed by atoms with Crippen molar-refractivity contribution in [3.8, 4) is 6.07 Å². The van der Waals surface area contributed by atoms with E-state index in [1.807, 2.05) is 25.7 Å². The molecule has 2 atom stereocenters. The maximum atomic E-state index is 12.1. The van der Waals surface area contributed by atoms with Gasteiger partial charge >= 0.3 is 6.09 Å². The average molecular weight is 321 g/mol. The minimum Gasteiger partial charge on any atom is -0.444 e. The Kier molecular flexibility index (Phi) is 6.29. The minimum atomic E-state index is -0.432. The highest BCUT2D eigenvalue weighted by Gasteiger charge is 2.30. The minimum absolute atomic E-state index is 0.198. The molecular formula is C18H31N3O2. The molecule has 130 valence electrons. The summed E-state index contributed by atoms with van der Waals surface area (Å²) < 4.78 is 5.44. The third kappa shape index (κ3) is 5.69. The van der Waals surface area contributed by atoms with Crippen LogP contribution in [0.5, 0.6) is 0 Å². The van der Waals surface area contributed by atoms with Crippen LogP contribution in [0.2, 0.25) is 0 Å². The molecule has 23 heavy (non-hydrogen) atoms. The maximum absolute atomic E-state index is 12.1. The summed E-state index contributed by atoms with van der Waals surface area (Å²) in [5, 5.41) is 12.8. The molecule has 1 unspecified atom stereocenters. The molecule has 5 heteroatoms. The molecule has 0 spiro atoms. The van der Waals surface area contributed by atoms with E-state index in [2.05, 4.69) is 11.4 Å². The van der Waals surface area contributed by atoms with E-state index in [4.69, 9.17) is 10.00 Å². The molecule has 0 aromatic rings. The SMILES string of the molecule is CC(C)(C)OC(=O)N1CCC(NC2CCCC[C@@H]2CC#N)CC1. The topological polar surface area (TPSA) is 65.4 Å². The number of carbonyl (C=O) groups excluding carboxylic acids is 1. The van der Waals surface area contributed by atoms with E-state index in [0.29, 0.717) is 24.4 Å². The van der Waals surface area contributed by atoms with Crippen molar-refractivity contribution in [1.82, 2.24) is 10.2 Å². The molecule has 1 saturated heterocycles. The van der Waals surface area contributed by atoms with Crippen molar-refractivity contribution < 1.29 is 9.53 Å². The van der Waals surface area contributed by atoms with Gasteiger partial charge in [-0.15, -0.1) is 0 Å². The Morgan fingerprint density at radius 2 is 1.87 bits per heavy atom. The second-order valence-corrected chi connectivity index (χ2v) is 7.92. The van der Waals surface area contributed by atoms with E-state index in [1.165, 1.54) is 25.7 Å². The quantitative estimate of drug-likeness (QED) is 0.864. The first-order chi connectivity index (χ1) is 10.9. The van der Waals surface area contributed by atoms with Crippen molar-refractivity contribution in [2.45, 2.75) is 83.4 Å². The molecule has 1 amide bonds. The third-order valence-corrected chi connectivity index (χ3v) is 4.86. The lowest BCUT2D eigenvalue weighted by Crippen LogP contribution is -2.50. The van der Waals surface area contributed by atoms with Crippen LogP contribution < -0.4 is 5.32 Å². The highest BCUT2D eigenvalue weighted by Crippen LogP contribution is 2.28. The average Bonchev–Trinajstić information content (AvgIpc) is 2.48. The summed E-state index contributed by atoms with van der Waals surface area (Å²) >= 11 is 0. The highest BCUT2D eigenvalue weighted by atomic mass is 16.6. The van der Waals surface area contributed by atoms with Crippen LogP contribution >= 0.6 is 0 Å². The smallest absolute Gasteiger partial charge is 0.410 e. The predicted molar refractivity (Wildman–Crippen MR) is 89.9 cm³/mol. The number of ether oxygens (including phenoxy) is 1. The number of nitriles is 1. The van der Waals surface area contributed by atoms with Crippen LogP contribution in [0.3, 0.4) is 0 Å². The van der Waals surface area contributed by atoms with Gasteiger partial charge in [-0.05, 0) is 52.4 Å². The van der Waals surface area contributed by atoms with Crippen molar-refractivity contribution in [3.63, 3.8) is 0 Å². The molecule has 0 radical (unpaired) electrons. The number of hydrogen-bond donors (Lipinski definition) is 1. The fourth-order valence-corrected chi connectivity index (χ4v) is 3.65. The molecule has 2 aliphatic rings. The summed E-state index contributed by atoms with van der Waals surface area (Å²) in [5.41, 5.74) is -0.432. The molecule has 2 rings (SSSR count). The number of carbonyl (C=O) groups is 1. The number of nitrogens with zero attached hydrogens (tertiary/aromatic N) is 2. The van der Waals surface area contributed by atoms with Gasteiger partial charge in [-0.1, -0.05) is 12.8 Å². The second kappa shape index (κ2) is 8.01. The fraction of sp³-hybridized carbons (Fsp3) is 0.889. The highest BCUT2D eigenvalue weighted by molar-refractivity contribution is 5.68.